The number of nitrogens with zero attached hydrogens (tertiary/aromatic N) is 3. The zero-order valence-corrected chi connectivity index (χ0v) is 12.0. The summed E-state index contributed by atoms with van der Waals surface area (Å²) in [4.78, 5) is 8.95. The molecule has 3 aromatic rings. The summed E-state index contributed by atoms with van der Waals surface area (Å²) < 4.78 is 7.08. The van der Waals surface area contributed by atoms with Crippen LogP contribution in [-0.2, 0) is 11.3 Å². The van der Waals surface area contributed by atoms with Crippen LogP contribution in [0.1, 0.15) is 5.56 Å². The molecule has 0 aliphatic rings. The van der Waals surface area contributed by atoms with Crippen LogP contribution < -0.4 is 5.32 Å². The van der Waals surface area contributed by atoms with Crippen molar-refractivity contribution in [2.75, 3.05) is 20.3 Å². The summed E-state index contributed by atoms with van der Waals surface area (Å²) in [6, 6.07) is 12.1. The average molecular weight is 282 g/mol. The second kappa shape index (κ2) is 6.47. The second-order valence-electron chi connectivity index (χ2n) is 4.76. The molecule has 3 rings (SSSR count). The summed E-state index contributed by atoms with van der Waals surface area (Å²) in [7, 11) is 1.70. The van der Waals surface area contributed by atoms with Crippen molar-refractivity contribution in [3.63, 3.8) is 0 Å². The highest BCUT2D eigenvalue weighted by atomic mass is 16.5. The monoisotopic (exact) mass is 282 g/mol. The predicted octanol–water partition coefficient (Wildman–Crippen LogP) is 2.16. The lowest BCUT2D eigenvalue weighted by atomic mass is 10.2. The first-order valence-corrected chi connectivity index (χ1v) is 6.96. The van der Waals surface area contributed by atoms with Crippen LogP contribution in [0.15, 0.2) is 48.9 Å². The summed E-state index contributed by atoms with van der Waals surface area (Å²) in [5.74, 6) is 0.913. The van der Waals surface area contributed by atoms with Gasteiger partial charge in [-0.05, 0) is 18.2 Å². The number of aromatic nitrogens is 3. The van der Waals surface area contributed by atoms with Crippen molar-refractivity contribution in [3.05, 3.63) is 54.5 Å². The predicted molar refractivity (Wildman–Crippen MR) is 82.4 cm³/mol. The number of rotatable bonds is 6. The maximum atomic E-state index is 5.05. The maximum absolute atomic E-state index is 5.05. The number of hydrogen-bond donors (Lipinski definition) is 1. The van der Waals surface area contributed by atoms with Crippen molar-refractivity contribution < 1.29 is 4.74 Å². The van der Waals surface area contributed by atoms with E-state index >= 15 is 0 Å². The molecular weight excluding hydrogens is 264 g/mol. The third-order valence-electron chi connectivity index (χ3n) is 3.35. The molecule has 0 bridgehead atoms. The van der Waals surface area contributed by atoms with Gasteiger partial charge in [-0.1, -0.05) is 18.2 Å². The lowest BCUT2D eigenvalue weighted by Gasteiger charge is -2.10. The Labute approximate surface area is 123 Å². The van der Waals surface area contributed by atoms with Crippen molar-refractivity contribution in [3.8, 4) is 5.82 Å². The molecule has 2 heterocycles. The molecule has 0 saturated carbocycles. The van der Waals surface area contributed by atoms with Gasteiger partial charge in [0.15, 0.2) is 0 Å². The van der Waals surface area contributed by atoms with E-state index in [9.17, 15) is 0 Å². The molecule has 0 atom stereocenters. The fraction of sp³-hybridized carbons (Fsp3) is 0.250. The van der Waals surface area contributed by atoms with E-state index in [4.69, 9.17) is 4.74 Å². The molecule has 0 aliphatic carbocycles. The van der Waals surface area contributed by atoms with Crippen LogP contribution in [0.4, 0.5) is 0 Å². The highest BCUT2D eigenvalue weighted by Gasteiger charge is 2.09. The van der Waals surface area contributed by atoms with Crippen LogP contribution in [0.25, 0.3) is 16.9 Å². The minimum atomic E-state index is 0.698. The summed E-state index contributed by atoms with van der Waals surface area (Å²) >= 11 is 0. The molecule has 1 N–H and O–H groups in total. The minimum Gasteiger partial charge on any atom is -0.383 e. The number of imidazole rings is 1. The molecule has 108 valence electrons. The Hall–Kier alpha value is -2.24. The average Bonchev–Trinajstić information content (AvgIpc) is 2.96. The normalized spacial score (nSPS) is 11.1. The van der Waals surface area contributed by atoms with Gasteiger partial charge < -0.3 is 10.1 Å². The molecule has 0 fully saturated rings. The van der Waals surface area contributed by atoms with Gasteiger partial charge in [-0.2, -0.15) is 0 Å². The minimum absolute atomic E-state index is 0.698. The Morgan fingerprint density at radius 1 is 1.14 bits per heavy atom. The number of fused-ring (bicyclic) bond motifs is 1. The molecule has 0 saturated heterocycles. The molecule has 5 nitrogen and oxygen atoms in total. The maximum Gasteiger partial charge on any atom is 0.142 e. The quantitative estimate of drug-likeness (QED) is 0.704. The summed E-state index contributed by atoms with van der Waals surface area (Å²) in [5.41, 5.74) is 3.17. The number of ether oxygens (including phenoxy) is 1. The van der Waals surface area contributed by atoms with Gasteiger partial charge in [0, 0.05) is 32.0 Å². The van der Waals surface area contributed by atoms with E-state index in [1.54, 1.807) is 7.11 Å². The Morgan fingerprint density at radius 3 is 2.95 bits per heavy atom. The number of benzene rings is 1. The van der Waals surface area contributed by atoms with Gasteiger partial charge in [0.2, 0.25) is 0 Å². The van der Waals surface area contributed by atoms with Gasteiger partial charge >= 0.3 is 0 Å². The van der Waals surface area contributed by atoms with E-state index in [-0.39, 0.29) is 0 Å². The van der Waals surface area contributed by atoms with Crippen molar-refractivity contribution in [2.45, 2.75) is 6.54 Å². The van der Waals surface area contributed by atoms with Crippen LogP contribution in [0.5, 0.6) is 0 Å². The molecule has 0 spiro atoms. The fourth-order valence-corrected chi connectivity index (χ4v) is 2.31. The van der Waals surface area contributed by atoms with Crippen molar-refractivity contribution in [2.24, 2.45) is 0 Å². The van der Waals surface area contributed by atoms with Crippen molar-refractivity contribution in [1.29, 1.82) is 0 Å². The van der Waals surface area contributed by atoms with Gasteiger partial charge in [-0.25, -0.2) is 9.97 Å². The Kier molecular flexibility index (Phi) is 4.23. The zero-order chi connectivity index (χ0) is 14.5. The Balaban J connectivity index is 1.91. The third kappa shape index (κ3) is 2.94. The lowest BCUT2D eigenvalue weighted by Crippen LogP contribution is -2.19. The molecule has 0 aliphatic heterocycles. The molecule has 0 radical (unpaired) electrons. The van der Waals surface area contributed by atoms with Gasteiger partial charge in [-0.15, -0.1) is 0 Å². The molecule has 1 aromatic carbocycles. The highest BCUT2D eigenvalue weighted by Crippen LogP contribution is 2.18. The third-order valence-corrected chi connectivity index (χ3v) is 3.35. The SMILES string of the molecule is COCCNCc1cccnc1-n1cnc2ccccc21. The van der Waals surface area contributed by atoms with Crippen LogP contribution in [0.2, 0.25) is 0 Å². The van der Waals surface area contributed by atoms with Crippen LogP contribution >= 0.6 is 0 Å². The molecule has 0 amide bonds. The summed E-state index contributed by atoms with van der Waals surface area (Å²) in [5, 5.41) is 3.35. The smallest absolute Gasteiger partial charge is 0.142 e. The first-order valence-electron chi connectivity index (χ1n) is 6.96. The summed E-state index contributed by atoms with van der Waals surface area (Å²) in [6.45, 7) is 2.26. The van der Waals surface area contributed by atoms with Gasteiger partial charge in [0.05, 0.1) is 17.6 Å². The van der Waals surface area contributed by atoms with Gasteiger partial charge in [0.1, 0.15) is 12.1 Å². The van der Waals surface area contributed by atoms with E-state index in [0.717, 1.165) is 35.5 Å². The van der Waals surface area contributed by atoms with Gasteiger partial charge in [0.25, 0.3) is 0 Å². The largest absolute Gasteiger partial charge is 0.383 e. The van der Waals surface area contributed by atoms with Crippen molar-refractivity contribution >= 4 is 11.0 Å². The highest BCUT2D eigenvalue weighted by molar-refractivity contribution is 5.77. The number of nitrogens with one attached hydrogen (secondary N) is 1. The molecule has 21 heavy (non-hydrogen) atoms. The lowest BCUT2D eigenvalue weighted by molar-refractivity contribution is 0.199. The zero-order valence-electron chi connectivity index (χ0n) is 12.0. The van der Waals surface area contributed by atoms with Crippen LogP contribution in [0.3, 0.4) is 0 Å². The first-order chi connectivity index (χ1) is 10.4. The Bertz CT molecular complexity index is 723. The standard InChI is InChI=1S/C16H18N4O/c1-21-10-9-17-11-13-5-4-8-18-16(13)20-12-19-14-6-2-3-7-15(14)20/h2-8,12,17H,9-11H2,1H3. The van der Waals surface area contributed by atoms with E-state index in [0.29, 0.717) is 6.61 Å². The van der Waals surface area contributed by atoms with E-state index < -0.39 is 0 Å². The van der Waals surface area contributed by atoms with E-state index in [1.807, 2.05) is 41.4 Å². The topological polar surface area (TPSA) is 52.0 Å². The molecule has 5 heteroatoms. The van der Waals surface area contributed by atoms with E-state index in [1.165, 1.54) is 0 Å². The second-order valence-corrected chi connectivity index (χ2v) is 4.76. The number of para-hydroxylation sites is 2. The molecular formula is C16H18N4O. The van der Waals surface area contributed by atoms with Crippen LogP contribution in [-0.4, -0.2) is 34.8 Å². The van der Waals surface area contributed by atoms with Gasteiger partial charge in [-0.3, -0.25) is 4.57 Å². The Morgan fingerprint density at radius 2 is 2.05 bits per heavy atom. The van der Waals surface area contributed by atoms with Crippen molar-refractivity contribution in [1.82, 2.24) is 19.9 Å². The molecule has 2 aromatic heterocycles. The number of methoxy groups -OCH3 is 1. The number of hydrogen-bond acceptors (Lipinski definition) is 4. The first kappa shape index (κ1) is 13.7. The fourth-order valence-electron chi connectivity index (χ4n) is 2.31. The van der Waals surface area contributed by atoms with E-state index in [2.05, 4.69) is 27.4 Å². The summed E-state index contributed by atoms with van der Waals surface area (Å²) in [6.07, 6.45) is 3.63. The molecule has 0 unspecified atom stereocenters. The van der Waals surface area contributed by atoms with Crippen LogP contribution in [0, 0.1) is 0 Å². The number of pyridine rings is 1.